The van der Waals surface area contributed by atoms with Crippen LogP contribution in [0.25, 0.3) is 0 Å². The largest absolute Gasteiger partial charge is 0.481 e. The molecule has 2 N–H and O–H groups in total. The quantitative estimate of drug-likeness (QED) is 0.321. The Balaban J connectivity index is 2.74. The summed E-state index contributed by atoms with van der Waals surface area (Å²) >= 11 is 0. The molecule has 0 aliphatic carbocycles. The SMILES string of the molecule is C#CCOc1cccc(C=NN)c1. The second-order valence-electron chi connectivity index (χ2n) is 2.34. The summed E-state index contributed by atoms with van der Waals surface area (Å²) in [6.07, 6.45) is 6.60. The first-order valence-electron chi connectivity index (χ1n) is 3.76. The van der Waals surface area contributed by atoms with Crippen LogP contribution in [0.5, 0.6) is 5.75 Å². The molecule has 0 amide bonds. The van der Waals surface area contributed by atoms with Crippen molar-refractivity contribution in [3.8, 4) is 18.1 Å². The lowest BCUT2D eigenvalue weighted by molar-refractivity contribution is 0.370. The number of nitrogens with zero attached hydrogens (tertiary/aromatic N) is 1. The third-order valence-corrected chi connectivity index (χ3v) is 1.40. The highest BCUT2D eigenvalue weighted by atomic mass is 16.5. The van der Waals surface area contributed by atoms with Gasteiger partial charge >= 0.3 is 0 Å². The van der Waals surface area contributed by atoms with Gasteiger partial charge in [0, 0.05) is 0 Å². The van der Waals surface area contributed by atoms with E-state index in [0.29, 0.717) is 0 Å². The van der Waals surface area contributed by atoms with Crippen LogP contribution in [-0.2, 0) is 0 Å². The molecule has 0 saturated heterocycles. The van der Waals surface area contributed by atoms with Gasteiger partial charge in [0.1, 0.15) is 12.4 Å². The van der Waals surface area contributed by atoms with E-state index in [1.165, 1.54) is 0 Å². The second-order valence-corrected chi connectivity index (χ2v) is 2.34. The van der Waals surface area contributed by atoms with Crippen LogP contribution in [0, 0.1) is 12.3 Å². The monoisotopic (exact) mass is 174 g/mol. The van der Waals surface area contributed by atoms with Crippen molar-refractivity contribution in [2.75, 3.05) is 6.61 Å². The molecule has 0 bridgehead atoms. The Morgan fingerprint density at radius 2 is 2.46 bits per heavy atom. The summed E-state index contributed by atoms with van der Waals surface area (Å²) < 4.78 is 5.20. The Morgan fingerprint density at radius 3 is 3.15 bits per heavy atom. The Hall–Kier alpha value is -1.95. The van der Waals surface area contributed by atoms with Gasteiger partial charge in [-0.2, -0.15) is 5.10 Å². The molecule has 66 valence electrons. The summed E-state index contributed by atoms with van der Waals surface area (Å²) in [5.74, 6) is 8.11. The molecule has 0 aliphatic rings. The van der Waals surface area contributed by atoms with E-state index < -0.39 is 0 Å². The zero-order valence-corrected chi connectivity index (χ0v) is 7.10. The van der Waals surface area contributed by atoms with Gasteiger partial charge in [-0.15, -0.1) is 6.42 Å². The average molecular weight is 174 g/mol. The van der Waals surface area contributed by atoms with Gasteiger partial charge in [-0.05, 0) is 17.7 Å². The van der Waals surface area contributed by atoms with Crippen LogP contribution in [-0.4, -0.2) is 12.8 Å². The molecule has 3 nitrogen and oxygen atoms in total. The van der Waals surface area contributed by atoms with Gasteiger partial charge < -0.3 is 10.6 Å². The summed E-state index contributed by atoms with van der Waals surface area (Å²) in [6.45, 7) is 0.267. The summed E-state index contributed by atoms with van der Waals surface area (Å²) in [5.41, 5.74) is 0.886. The molecule has 0 saturated carbocycles. The maximum atomic E-state index is 5.20. The molecule has 0 atom stereocenters. The zero-order chi connectivity index (χ0) is 9.52. The lowest BCUT2D eigenvalue weighted by atomic mass is 10.2. The fourth-order valence-electron chi connectivity index (χ4n) is 0.896. The third-order valence-electron chi connectivity index (χ3n) is 1.40. The highest BCUT2D eigenvalue weighted by molar-refractivity contribution is 5.79. The predicted octanol–water partition coefficient (Wildman–Crippen LogP) is 0.991. The number of rotatable bonds is 3. The van der Waals surface area contributed by atoms with Crippen LogP contribution >= 0.6 is 0 Å². The highest BCUT2D eigenvalue weighted by Gasteiger charge is 1.92. The van der Waals surface area contributed by atoms with Crippen LogP contribution in [0.4, 0.5) is 0 Å². The number of ether oxygens (including phenoxy) is 1. The van der Waals surface area contributed by atoms with Gasteiger partial charge in [0.25, 0.3) is 0 Å². The summed E-state index contributed by atoms with van der Waals surface area (Å²) in [6, 6.07) is 7.36. The molecule has 0 unspecified atom stereocenters. The molecule has 0 radical (unpaired) electrons. The third kappa shape index (κ3) is 2.88. The minimum Gasteiger partial charge on any atom is -0.481 e. The van der Waals surface area contributed by atoms with Crippen molar-refractivity contribution in [2.24, 2.45) is 10.9 Å². The number of hydrazone groups is 1. The van der Waals surface area contributed by atoms with E-state index in [1.807, 2.05) is 24.3 Å². The number of nitrogens with two attached hydrogens (primary N) is 1. The lowest BCUT2D eigenvalue weighted by Gasteiger charge is -2.01. The topological polar surface area (TPSA) is 47.6 Å². The van der Waals surface area contributed by atoms with Crippen LogP contribution < -0.4 is 10.6 Å². The second kappa shape index (κ2) is 4.83. The molecule has 0 spiro atoms. The number of terminal acetylenes is 1. The smallest absolute Gasteiger partial charge is 0.148 e. The van der Waals surface area contributed by atoms with Crippen LogP contribution in [0.2, 0.25) is 0 Å². The lowest BCUT2D eigenvalue weighted by Crippen LogP contribution is -1.94. The van der Waals surface area contributed by atoms with E-state index in [2.05, 4.69) is 11.0 Å². The molecular formula is C10H10N2O. The van der Waals surface area contributed by atoms with Crippen LogP contribution in [0.15, 0.2) is 29.4 Å². The van der Waals surface area contributed by atoms with Crippen molar-refractivity contribution in [3.05, 3.63) is 29.8 Å². The molecule has 0 heterocycles. The van der Waals surface area contributed by atoms with E-state index >= 15 is 0 Å². The van der Waals surface area contributed by atoms with Crippen molar-refractivity contribution in [1.29, 1.82) is 0 Å². The normalized spacial score (nSPS) is 9.77. The minimum absolute atomic E-state index is 0.267. The Morgan fingerprint density at radius 1 is 1.62 bits per heavy atom. The Kier molecular flexibility index (Phi) is 3.40. The average Bonchev–Trinajstić information content (AvgIpc) is 2.16. The molecule has 13 heavy (non-hydrogen) atoms. The summed E-state index contributed by atoms with van der Waals surface area (Å²) in [5, 5.41) is 3.41. The van der Waals surface area contributed by atoms with Gasteiger partial charge in [-0.1, -0.05) is 18.1 Å². The van der Waals surface area contributed by atoms with E-state index in [9.17, 15) is 0 Å². The van der Waals surface area contributed by atoms with Gasteiger partial charge in [0.2, 0.25) is 0 Å². The van der Waals surface area contributed by atoms with Crippen LogP contribution in [0.1, 0.15) is 5.56 Å². The van der Waals surface area contributed by atoms with Gasteiger partial charge in [-0.25, -0.2) is 0 Å². The molecule has 0 fully saturated rings. The standard InChI is InChI=1S/C10H10N2O/c1-2-6-13-10-5-3-4-9(7-10)8-12-11/h1,3-5,7-8H,6,11H2. The van der Waals surface area contributed by atoms with E-state index in [4.69, 9.17) is 17.0 Å². The number of hydrogen-bond donors (Lipinski definition) is 1. The minimum atomic E-state index is 0.267. The van der Waals surface area contributed by atoms with Gasteiger partial charge in [0.15, 0.2) is 0 Å². The molecule has 1 aromatic carbocycles. The molecule has 1 aromatic rings. The van der Waals surface area contributed by atoms with Crippen LogP contribution in [0.3, 0.4) is 0 Å². The predicted molar refractivity (Wildman–Crippen MR) is 52.6 cm³/mol. The first kappa shape index (κ1) is 9.14. The van der Waals surface area contributed by atoms with Crippen molar-refractivity contribution < 1.29 is 4.74 Å². The molecule has 0 aromatic heterocycles. The fourth-order valence-corrected chi connectivity index (χ4v) is 0.896. The van der Waals surface area contributed by atoms with Gasteiger partial charge in [-0.3, -0.25) is 0 Å². The molecule has 3 heteroatoms. The summed E-state index contributed by atoms with van der Waals surface area (Å²) in [7, 11) is 0. The van der Waals surface area contributed by atoms with Crippen molar-refractivity contribution >= 4 is 6.21 Å². The highest BCUT2D eigenvalue weighted by Crippen LogP contribution is 2.11. The van der Waals surface area contributed by atoms with E-state index in [0.717, 1.165) is 11.3 Å². The van der Waals surface area contributed by atoms with E-state index in [-0.39, 0.29) is 6.61 Å². The zero-order valence-electron chi connectivity index (χ0n) is 7.10. The van der Waals surface area contributed by atoms with Gasteiger partial charge in [0.05, 0.1) is 6.21 Å². The Labute approximate surface area is 77.2 Å². The van der Waals surface area contributed by atoms with Crippen molar-refractivity contribution in [1.82, 2.24) is 0 Å². The Bertz CT molecular complexity index is 339. The summed E-state index contributed by atoms with van der Waals surface area (Å²) in [4.78, 5) is 0. The first-order chi connectivity index (χ1) is 6.36. The van der Waals surface area contributed by atoms with Crippen molar-refractivity contribution in [3.63, 3.8) is 0 Å². The van der Waals surface area contributed by atoms with E-state index in [1.54, 1.807) is 6.21 Å². The number of hydrogen-bond acceptors (Lipinski definition) is 3. The maximum Gasteiger partial charge on any atom is 0.148 e. The molecule has 1 rings (SSSR count). The van der Waals surface area contributed by atoms with Crippen molar-refractivity contribution in [2.45, 2.75) is 0 Å². The maximum absolute atomic E-state index is 5.20. The molecular weight excluding hydrogens is 164 g/mol. The first-order valence-corrected chi connectivity index (χ1v) is 3.76. The molecule has 0 aliphatic heterocycles. The number of benzene rings is 1. The fraction of sp³-hybridized carbons (Fsp3) is 0.100.